The molecule has 0 radical (unpaired) electrons. The highest BCUT2D eigenvalue weighted by molar-refractivity contribution is 5.39. The second-order valence-electron chi connectivity index (χ2n) is 11.5. The maximum atomic E-state index is 5.82. The van der Waals surface area contributed by atoms with Crippen LogP contribution in [0.5, 0.6) is 5.75 Å². The van der Waals surface area contributed by atoms with Gasteiger partial charge in [0, 0.05) is 5.56 Å². The van der Waals surface area contributed by atoms with Crippen LogP contribution in [0.1, 0.15) is 126 Å². The second-order valence-corrected chi connectivity index (χ2v) is 11.5. The molecule has 0 atom stereocenters. The summed E-state index contributed by atoms with van der Waals surface area (Å²) >= 11 is 0. The van der Waals surface area contributed by atoms with Crippen LogP contribution >= 0.6 is 0 Å². The number of unbranched alkanes of at least 4 members (excludes halogenated alkanes) is 2. The van der Waals surface area contributed by atoms with Gasteiger partial charge in [-0.05, 0) is 123 Å². The summed E-state index contributed by atoms with van der Waals surface area (Å²) in [5.74, 6) is 10.7. The number of allylic oxidation sites excluding steroid dienone is 2. The van der Waals surface area contributed by atoms with E-state index in [4.69, 9.17) is 4.74 Å². The van der Waals surface area contributed by atoms with E-state index in [1.807, 2.05) is 0 Å². The van der Waals surface area contributed by atoms with Gasteiger partial charge >= 0.3 is 0 Å². The van der Waals surface area contributed by atoms with Crippen LogP contribution < -0.4 is 4.74 Å². The van der Waals surface area contributed by atoms with Crippen LogP contribution in [-0.2, 0) is 0 Å². The minimum atomic E-state index is 0.664. The number of benzene rings is 2. The van der Waals surface area contributed by atoms with Gasteiger partial charge in [0.2, 0.25) is 0 Å². The van der Waals surface area contributed by atoms with Gasteiger partial charge in [-0.3, -0.25) is 0 Å². The summed E-state index contributed by atoms with van der Waals surface area (Å²) in [6, 6.07) is 18.0. The van der Waals surface area contributed by atoms with E-state index in [2.05, 4.69) is 86.4 Å². The van der Waals surface area contributed by atoms with Gasteiger partial charge in [0.05, 0.1) is 6.61 Å². The zero-order chi connectivity index (χ0) is 25.7. The lowest BCUT2D eigenvalue weighted by Crippen LogP contribution is -2.13. The number of hydrogen-bond donors (Lipinski definition) is 0. The Hall–Kier alpha value is -2.46. The fourth-order valence-electron chi connectivity index (χ4n) is 6.24. The molecule has 0 spiro atoms. The standard InChI is InChI=1S/C36H48O/c1-3-5-9-29-12-18-32(19-13-29)33-20-14-30(15-21-33)10-7-8-11-31-16-22-34(23-17-31)35-24-26-36(27-25-35)37-28-6-4-2/h8,11,14-15,20-21,24-27,29,31-32,34H,3-6,9,12-13,16-19,22-23,28H2,1-2H3. The lowest BCUT2D eigenvalue weighted by Gasteiger charge is -2.28. The van der Waals surface area contributed by atoms with Gasteiger partial charge in [0.25, 0.3) is 0 Å². The molecule has 4 rings (SSSR count). The van der Waals surface area contributed by atoms with Gasteiger partial charge in [-0.1, -0.05) is 81.7 Å². The first-order valence-electron chi connectivity index (χ1n) is 15.3. The highest BCUT2D eigenvalue weighted by atomic mass is 16.5. The van der Waals surface area contributed by atoms with Crippen molar-refractivity contribution in [3.05, 3.63) is 77.4 Å². The third-order valence-electron chi connectivity index (χ3n) is 8.75. The van der Waals surface area contributed by atoms with Crippen LogP contribution in [0.2, 0.25) is 0 Å². The molecule has 2 aliphatic rings. The molecule has 0 N–H and O–H groups in total. The van der Waals surface area contributed by atoms with Crippen molar-refractivity contribution in [3.63, 3.8) is 0 Å². The van der Waals surface area contributed by atoms with Crippen LogP contribution in [-0.4, -0.2) is 6.61 Å². The minimum Gasteiger partial charge on any atom is -0.494 e. The van der Waals surface area contributed by atoms with Crippen molar-refractivity contribution >= 4 is 0 Å². The summed E-state index contributed by atoms with van der Waals surface area (Å²) in [6.07, 6.45) is 21.5. The molecule has 2 aliphatic carbocycles. The molecular formula is C36H48O. The molecule has 2 aromatic rings. The Morgan fingerprint density at radius 3 is 1.95 bits per heavy atom. The van der Waals surface area contributed by atoms with Crippen molar-refractivity contribution in [2.45, 2.75) is 109 Å². The Bertz CT molecular complexity index is 987. The van der Waals surface area contributed by atoms with Gasteiger partial charge in [-0.25, -0.2) is 0 Å². The third kappa shape index (κ3) is 8.81. The Morgan fingerprint density at radius 2 is 1.32 bits per heavy atom. The monoisotopic (exact) mass is 496 g/mol. The van der Waals surface area contributed by atoms with E-state index < -0.39 is 0 Å². The molecule has 2 fully saturated rings. The second kappa shape index (κ2) is 15.1. The van der Waals surface area contributed by atoms with Crippen molar-refractivity contribution in [2.24, 2.45) is 11.8 Å². The van der Waals surface area contributed by atoms with Gasteiger partial charge in [-0.15, -0.1) is 0 Å². The number of ether oxygens (including phenoxy) is 1. The zero-order valence-electron chi connectivity index (χ0n) is 23.4. The first-order chi connectivity index (χ1) is 18.2. The molecule has 0 amide bonds. The fourth-order valence-corrected chi connectivity index (χ4v) is 6.24. The summed E-state index contributed by atoms with van der Waals surface area (Å²) in [6.45, 7) is 5.33. The molecule has 0 aliphatic heterocycles. The number of rotatable bonds is 10. The SMILES string of the molecule is CCCCOc1ccc(C2CCC(C=CC#Cc3ccc(C4CCC(CCCC)CC4)cc3)CC2)cc1. The Balaban J connectivity index is 1.18. The summed E-state index contributed by atoms with van der Waals surface area (Å²) in [5.41, 5.74) is 4.12. The minimum absolute atomic E-state index is 0.664. The van der Waals surface area contributed by atoms with Crippen LogP contribution in [0.25, 0.3) is 0 Å². The van der Waals surface area contributed by atoms with Crippen molar-refractivity contribution in [1.82, 2.24) is 0 Å². The van der Waals surface area contributed by atoms with Crippen LogP contribution in [0.3, 0.4) is 0 Å². The van der Waals surface area contributed by atoms with Crippen molar-refractivity contribution in [1.29, 1.82) is 0 Å². The van der Waals surface area contributed by atoms with Gasteiger partial charge < -0.3 is 4.74 Å². The van der Waals surface area contributed by atoms with E-state index in [1.165, 1.54) is 88.2 Å². The fraction of sp³-hybridized carbons (Fsp3) is 0.556. The quantitative estimate of drug-likeness (QED) is 0.235. The van der Waals surface area contributed by atoms with E-state index in [0.717, 1.165) is 36.2 Å². The molecule has 1 heteroatoms. The molecule has 0 unspecified atom stereocenters. The van der Waals surface area contributed by atoms with E-state index in [1.54, 1.807) is 0 Å². The maximum absolute atomic E-state index is 5.82. The topological polar surface area (TPSA) is 9.23 Å². The molecule has 0 heterocycles. The van der Waals surface area contributed by atoms with E-state index in [9.17, 15) is 0 Å². The summed E-state index contributed by atoms with van der Waals surface area (Å²) in [5, 5.41) is 0. The molecule has 1 nitrogen and oxygen atoms in total. The molecule has 0 aromatic heterocycles. The van der Waals surface area contributed by atoms with E-state index in [0.29, 0.717) is 11.8 Å². The molecule has 37 heavy (non-hydrogen) atoms. The summed E-state index contributed by atoms with van der Waals surface area (Å²) in [7, 11) is 0. The zero-order valence-corrected chi connectivity index (χ0v) is 23.4. The largest absolute Gasteiger partial charge is 0.494 e. The maximum Gasteiger partial charge on any atom is 0.119 e. The van der Waals surface area contributed by atoms with Gasteiger partial charge in [0.1, 0.15) is 5.75 Å². The van der Waals surface area contributed by atoms with Crippen LogP contribution in [0.4, 0.5) is 0 Å². The Labute approximate surface area is 227 Å². The van der Waals surface area contributed by atoms with Crippen LogP contribution in [0, 0.1) is 23.7 Å². The van der Waals surface area contributed by atoms with Gasteiger partial charge in [0.15, 0.2) is 0 Å². The smallest absolute Gasteiger partial charge is 0.119 e. The predicted octanol–water partition coefficient (Wildman–Crippen LogP) is 10.2. The molecular weight excluding hydrogens is 448 g/mol. The van der Waals surface area contributed by atoms with Crippen molar-refractivity contribution < 1.29 is 4.74 Å². The molecule has 0 saturated heterocycles. The van der Waals surface area contributed by atoms with Crippen LogP contribution in [0.15, 0.2) is 60.7 Å². The van der Waals surface area contributed by atoms with Gasteiger partial charge in [-0.2, -0.15) is 0 Å². The lowest BCUT2D eigenvalue weighted by atomic mass is 9.77. The van der Waals surface area contributed by atoms with Crippen molar-refractivity contribution in [3.8, 4) is 17.6 Å². The predicted molar refractivity (Wildman–Crippen MR) is 158 cm³/mol. The third-order valence-corrected chi connectivity index (χ3v) is 8.75. The van der Waals surface area contributed by atoms with E-state index >= 15 is 0 Å². The summed E-state index contributed by atoms with van der Waals surface area (Å²) in [4.78, 5) is 0. The lowest BCUT2D eigenvalue weighted by molar-refractivity contribution is 0.304. The first-order valence-corrected chi connectivity index (χ1v) is 15.3. The molecule has 2 aromatic carbocycles. The summed E-state index contributed by atoms with van der Waals surface area (Å²) < 4.78 is 5.82. The first kappa shape index (κ1) is 27.6. The number of hydrogen-bond acceptors (Lipinski definition) is 1. The Morgan fingerprint density at radius 1 is 0.730 bits per heavy atom. The van der Waals surface area contributed by atoms with Crippen molar-refractivity contribution in [2.75, 3.05) is 6.61 Å². The highest BCUT2D eigenvalue weighted by Crippen LogP contribution is 2.38. The average molecular weight is 497 g/mol. The molecule has 2 saturated carbocycles. The van der Waals surface area contributed by atoms with E-state index in [-0.39, 0.29) is 0 Å². The molecule has 0 bridgehead atoms. The normalized spacial score (nSPS) is 23.9. The average Bonchev–Trinajstić information content (AvgIpc) is 2.96. The highest BCUT2D eigenvalue weighted by Gasteiger charge is 2.22. The Kier molecular flexibility index (Phi) is 11.2. The molecule has 198 valence electrons.